The number of benzene rings is 1. The predicted octanol–water partition coefficient (Wildman–Crippen LogP) is 3.26. The first-order valence-electron chi connectivity index (χ1n) is 4.64. The summed E-state index contributed by atoms with van der Waals surface area (Å²) in [7, 11) is 0. The molecule has 2 N–H and O–H groups in total. The van der Waals surface area contributed by atoms with Crippen molar-refractivity contribution in [3.63, 3.8) is 0 Å². The van der Waals surface area contributed by atoms with Crippen LogP contribution in [0.25, 0.3) is 0 Å². The van der Waals surface area contributed by atoms with Gasteiger partial charge < -0.3 is 5.73 Å². The van der Waals surface area contributed by atoms with Crippen molar-refractivity contribution in [2.24, 2.45) is 0 Å². The summed E-state index contributed by atoms with van der Waals surface area (Å²) in [6.07, 6.45) is 4.22. The van der Waals surface area contributed by atoms with Crippen molar-refractivity contribution in [1.29, 1.82) is 0 Å². The van der Waals surface area contributed by atoms with E-state index in [1.54, 1.807) is 0 Å². The number of hydrogen-bond donors (Lipinski definition) is 1. The first-order chi connectivity index (χ1) is 6.16. The maximum atomic E-state index is 5.98. The van der Waals surface area contributed by atoms with Crippen LogP contribution in [-0.4, -0.2) is 0 Å². The van der Waals surface area contributed by atoms with Crippen LogP contribution in [0.2, 0.25) is 0 Å². The van der Waals surface area contributed by atoms with E-state index in [2.05, 4.69) is 31.2 Å². The zero-order valence-electron chi connectivity index (χ0n) is 8.54. The van der Waals surface area contributed by atoms with E-state index >= 15 is 0 Å². The molecule has 0 amide bonds. The topological polar surface area (TPSA) is 26.0 Å². The molecule has 13 heavy (non-hydrogen) atoms. The summed E-state index contributed by atoms with van der Waals surface area (Å²) in [6.45, 7) is 6.23. The van der Waals surface area contributed by atoms with E-state index in [-0.39, 0.29) is 0 Å². The molecule has 0 saturated heterocycles. The summed E-state index contributed by atoms with van der Waals surface area (Å²) in [5.74, 6) is 0.407. The second kappa shape index (κ2) is 4.13. The van der Waals surface area contributed by atoms with Gasteiger partial charge in [0.05, 0.1) is 0 Å². The molecule has 1 heteroatoms. The van der Waals surface area contributed by atoms with Crippen LogP contribution in [0.3, 0.4) is 0 Å². The van der Waals surface area contributed by atoms with Gasteiger partial charge in [-0.2, -0.15) is 0 Å². The number of rotatable bonds is 2. The average Bonchev–Trinajstić information content (AvgIpc) is 2.10. The largest absolute Gasteiger partial charge is 0.398 e. The molecule has 0 bridgehead atoms. The average molecular weight is 175 g/mol. The zero-order valence-corrected chi connectivity index (χ0v) is 8.54. The lowest BCUT2D eigenvalue weighted by Crippen LogP contribution is -1.99. The summed E-state index contributed by atoms with van der Waals surface area (Å²) in [5.41, 5.74) is 9.29. The molecule has 1 aromatic rings. The molecule has 1 nitrogen and oxygen atoms in total. The first kappa shape index (κ1) is 9.85. The fourth-order valence-corrected chi connectivity index (χ4v) is 1.49. The van der Waals surface area contributed by atoms with Gasteiger partial charge in [-0.05, 0) is 25.0 Å². The van der Waals surface area contributed by atoms with E-state index < -0.39 is 0 Å². The molecule has 0 spiro atoms. The lowest BCUT2D eigenvalue weighted by Gasteiger charge is -2.11. The van der Waals surface area contributed by atoms with E-state index in [1.165, 1.54) is 5.56 Å². The van der Waals surface area contributed by atoms with Gasteiger partial charge in [0, 0.05) is 11.6 Å². The standard InChI is InChI=1S/C12H17N/c1-4-6-9(2)11-8-5-7-10(3)12(11)13/h4-9H,13H2,1-3H3. The van der Waals surface area contributed by atoms with Crippen LogP contribution in [0, 0.1) is 6.92 Å². The van der Waals surface area contributed by atoms with Crippen molar-refractivity contribution in [2.75, 3.05) is 5.73 Å². The minimum absolute atomic E-state index is 0.407. The highest BCUT2D eigenvalue weighted by Crippen LogP contribution is 2.25. The minimum Gasteiger partial charge on any atom is -0.398 e. The molecular weight excluding hydrogens is 158 g/mol. The molecule has 0 radical (unpaired) electrons. The van der Waals surface area contributed by atoms with Crippen LogP contribution in [0.1, 0.15) is 30.9 Å². The molecule has 1 atom stereocenters. The monoisotopic (exact) mass is 175 g/mol. The molecule has 70 valence electrons. The molecule has 1 unspecified atom stereocenters. The highest BCUT2D eigenvalue weighted by atomic mass is 14.6. The van der Waals surface area contributed by atoms with Gasteiger partial charge in [0.2, 0.25) is 0 Å². The smallest absolute Gasteiger partial charge is 0.0382 e. The van der Waals surface area contributed by atoms with Crippen molar-refractivity contribution in [3.8, 4) is 0 Å². The maximum absolute atomic E-state index is 5.98. The fraction of sp³-hybridized carbons (Fsp3) is 0.333. The van der Waals surface area contributed by atoms with Crippen LogP contribution in [0.15, 0.2) is 30.4 Å². The molecule has 0 aliphatic heterocycles. The van der Waals surface area contributed by atoms with Gasteiger partial charge in [-0.3, -0.25) is 0 Å². The lowest BCUT2D eigenvalue weighted by molar-refractivity contribution is 0.966. The quantitative estimate of drug-likeness (QED) is 0.542. The Morgan fingerprint density at radius 2 is 2.08 bits per heavy atom. The third kappa shape index (κ3) is 2.11. The van der Waals surface area contributed by atoms with Crippen molar-refractivity contribution in [1.82, 2.24) is 0 Å². The van der Waals surface area contributed by atoms with Crippen molar-refractivity contribution < 1.29 is 0 Å². The van der Waals surface area contributed by atoms with Crippen LogP contribution in [0.5, 0.6) is 0 Å². The number of nitrogen functional groups attached to an aromatic ring is 1. The molecule has 1 aromatic carbocycles. The molecule has 0 aromatic heterocycles. The molecule has 0 saturated carbocycles. The van der Waals surface area contributed by atoms with Gasteiger partial charge in [-0.1, -0.05) is 37.3 Å². The van der Waals surface area contributed by atoms with Gasteiger partial charge in [0.15, 0.2) is 0 Å². The predicted molar refractivity (Wildman–Crippen MR) is 58.8 cm³/mol. The van der Waals surface area contributed by atoms with Crippen molar-refractivity contribution >= 4 is 5.69 Å². The molecule has 0 fully saturated rings. The zero-order chi connectivity index (χ0) is 9.84. The Hall–Kier alpha value is -1.24. The van der Waals surface area contributed by atoms with E-state index in [1.807, 2.05) is 19.9 Å². The molecular formula is C12H17N. The van der Waals surface area contributed by atoms with Gasteiger partial charge >= 0.3 is 0 Å². The first-order valence-corrected chi connectivity index (χ1v) is 4.64. The number of allylic oxidation sites excluding steroid dienone is 2. The Kier molecular flexibility index (Phi) is 3.13. The van der Waals surface area contributed by atoms with Crippen LogP contribution in [0.4, 0.5) is 5.69 Å². The van der Waals surface area contributed by atoms with Crippen molar-refractivity contribution in [3.05, 3.63) is 41.5 Å². The van der Waals surface area contributed by atoms with Crippen molar-refractivity contribution in [2.45, 2.75) is 26.7 Å². The van der Waals surface area contributed by atoms with E-state index in [4.69, 9.17) is 5.73 Å². The normalized spacial score (nSPS) is 13.5. The van der Waals surface area contributed by atoms with Crippen LogP contribution < -0.4 is 5.73 Å². The molecule has 0 aliphatic rings. The third-order valence-electron chi connectivity index (χ3n) is 2.33. The number of aryl methyl sites for hydroxylation is 1. The van der Waals surface area contributed by atoms with E-state index in [0.717, 1.165) is 11.3 Å². The summed E-state index contributed by atoms with van der Waals surface area (Å²) in [5, 5.41) is 0. The number of anilines is 1. The number of hydrogen-bond acceptors (Lipinski definition) is 1. The molecule has 0 aliphatic carbocycles. The van der Waals surface area contributed by atoms with E-state index in [9.17, 15) is 0 Å². The Bertz CT molecular complexity index is 313. The highest BCUT2D eigenvalue weighted by molar-refractivity contribution is 5.55. The number of para-hydroxylation sites is 1. The molecule has 1 rings (SSSR count). The third-order valence-corrected chi connectivity index (χ3v) is 2.33. The fourth-order valence-electron chi connectivity index (χ4n) is 1.49. The van der Waals surface area contributed by atoms with Gasteiger partial charge in [-0.15, -0.1) is 0 Å². The van der Waals surface area contributed by atoms with Gasteiger partial charge in [0.1, 0.15) is 0 Å². The second-order valence-corrected chi connectivity index (χ2v) is 3.39. The number of nitrogens with two attached hydrogens (primary N) is 1. The molecule has 0 heterocycles. The highest BCUT2D eigenvalue weighted by Gasteiger charge is 2.06. The Morgan fingerprint density at radius 3 is 2.69 bits per heavy atom. The van der Waals surface area contributed by atoms with Crippen LogP contribution in [-0.2, 0) is 0 Å². The SMILES string of the molecule is CC=CC(C)c1cccc(C)c1N. The summed E-state index contributed by atoms with van der Waals surface area (Å²) in [6, 6.07) is 6.19. The minimum atomic E-state index is 0.407. The van der Waals surface area contributed by atoms with E-state index in [0.29, 0.717) is 5.92 Å². The maximum Gasteiger partial charge on any atom is 0.0382 e. The Morgan fingerprint density at radius 1 is 1.38 bits per heavy atom. The Balaban J connectivity index is 3.07. The Labute approximate surface area is 80.3 Å². The lowest BCUT2D eigenvalue weighted by atomic mass is 9.97. The van der Waals surface area contributed by atoms with Gasteiger partial charge in [0.25, 0.3) is 0 Å². The second-order valence-electron chi connectivity index (χ2n) is 3.39. The van der Waals surface area contributed by atoms with Gasteiger partial charge in [-0.25, -0.2) is 0 Å². The summed E-state index contributed by atoms with van der Waals surface area (Å²) >= 11 is 0. The van der Waals surface area contributed by atoms with Crippen LogP contribution >= 0.6 is 0 Å². The summed E-state index contributed by atoms with van der Waals surface area (Å²) < 4.78 is 0. The summed E-state index contributed by atoms with van der Waals surface area (Å²) in [4.78, 5) is 0.